The molecule has 5 aromatic carbocycles. The van der Waals surface area contributed by atoms with Gasteiger partial charge in [-0.3, -0.25) is 0 Å². The number of para-hydroxylation sites is 2. The molecule has 0 radical (unpaired) electrons. The Labute approximate surface area is 217 Å². The van der Waals surface area contributed by atoms with E-state index >= 15 is 0 Å². The van der Waals surface area contributed by atoms with Gasteiger partial charge in [-0.05, 0) is 47.5 Å². The quantitative estimate of drug-likeness (QED) is 0.233. The highest BCUT2D eigenvalue weighted by Crippen LogP contribution is 2.35. The molecule has 1 heterocycles. The maximum Gasteiger partial charge on any atom is 0.113 e. The van der Waals surface area contributed by atoms with Crippen molar-refractivity contribution in [2.45, 2.75) is 6.04 Å². The fourth-order valence-electron chi connectivity index (χ4n) is 4.69. The number of aromatic nitrogens is 3. The van der Waals surface area contributed by atoms with Crippen molar-refractivity contribution in [3.05, 3.63) is 163 Å². The third kappa shape index (κ3) is 4.78. The fraction of sp³-hybridized carbons (Fsp3) is 0.0303. The molecule has 0 fully saturated rings. The Kier molecular flexibility index (Phi) is 6.29. The SMILES string of the molecule is c1ccc(C(c2ccccc2)n2cc(-c3ccc(N(c4ccccc4)c4ccccc4)cc3)nn2)cc1. The molecule has 6 aromatic rings. The number of rotatable bonds is 7. The van der Waals surface area contributed by atoms with E-state index in [0.717, 1.165) is 28.3 Å². The molecule has 4 heteroatoms. The molecule has 0 spiro atoms. The van der Waals surface area contributed by atoms with Gasteiger partial charge in [0.05, 0.1) is 6.20 Å². The lowest BCUT2D eigenvalue weighted by atomic mass is 9.99. The molecule has 0 saturated heterocycles. The molecule has 37 heavy (non-hydrogen) atoms. The Morgan fingerprint density at radius 2 is 0.919 bits per heavy atom. The maximum atomic E-state index is 4.55. The number of hydrogen-bond donors (Lipinski definition) is 0. The van der Waals surface area contributed by atoms with E-state index in [1.54, 1.807) is 0 Å². The maximum absolute atomic E-state index is 4.55. The van der Waals surface area contributed by atoms with Crippen LogP contribution in [-0.4, -0.2) is 15.0 Å². The highest BCUT2D eigenvalue weighted by molar-refractivity contribution is 5.77. The van der Waals surface area contributed by atoms with E-state index in [9.17, 15) is 0 Å². The van der Waals surface area contributed by atoms with Crippen LogP contribution in [0.1, 0.15) is 17.2 Å². The monoisotopic (exact) mass is 478 g/mol. The molecule has 4 nitrogen and oxygen atoms in total. The first-order valence-corrected chi connectivity index (χ1v) is 12.4. The molecule has 6 rings (SSSR count). The van der Waals surface area contributed by atoms with Crippen molar-refractivity contribution < 1.29 is 0 Å². The highest BCUT2D eigenvalue weighted by atomic mass is 15.4. The molecule has 0 aliphatic rings. The third-order valence-corrected chi connectivity index (χ3v) is 6.46. The van der Waals surface area contributed by atoms with Crippen molar-refractivity contribution >= 4 is 17.1 Å². The van der Waals surface area contributed by atoms with Gasteiger partial charge in [-0.2, -0.15) is 0 Å². The standard InChI is InChI=1S/C33H26N4/c1-5-13-27(14-6-1)33(28-15-7-2-8-16-28)36-25-32(34-35-36)26-21-23-31(24-22-26)37(29-17-9-3-10-18-29)30-19-11-4-12-20-30/h1-25,33H. The molecule has 0 N–H and O–H groups in total. The average molecular weight is 479 g/mol. The highest BCUT2D eigenvalue weighted by Gasteiger charge is 2.19. The summed E-state index contributed by atoms with van der Waals surface area (Å²) < 4.78 is 1.95. The first-order chi connectivity index (χ1) is 18.4. The minimum Gasteiger partial charge on any atom is -0.311 e. The van der Waals surface area contributed by atoms with Crippen molar-refractivity contribution in [3.8, 4) is 11.3 Å². The van der Waals surface area contributed by atoms with E-state index < -0.39 is 0 Å². The molecule has 0 saturated carbocycles. The summed E-state index contributed by atoms with van der Waals surface area (Å²) in [6.07, 6.45) is 2.03. The van der Waals surface area contributed by atoms with Crippen LogP contribution in [0.2, 0.25) is 0 Å². The van der Waals surface area contributed by atoms with E-state index in [1.807, 2.05) is 35.1 Å². The predicted molar refractivity (Wildman–Crippen MR) is 150 cm³/mol. The van der Waals surface area contributed by atoms with Gasteiger partial charge < -0.3 is 4.90 Å². The van der Waals surface area contributed by atoms with E-state index in [1.165, 1.54) is 11.1 Å². The molecule has 0 amide bonds. The van der Waals surface area contributed by atoms with Gasteiger partial charge in [0.25, 0.3) is 0 Å². The lowest BCUT2D eigenvalue weighted by Gasteiger charge is -2.25. The van der Waals surface area contributed by atoms with Crippen LogP contribution in [-0.2, 0) is 0 Å². The summed E-state index contributed by atoms with van der Waals surface area (Å²) in [5, 5.41) is 9.10. The first kappa shape index (κ1) is 22.5. The van der Waals surface area contributed by atoms with E-state index in [-0.39, 0.29) is 6.04 Å². The van der Waals surface area contributed by atoms with Crippen molar-refractivity contribution in [1.82, 2.24) is 15.0 Å². The summed E-state index contributed by atoms with van der Waals surface area (Å²) in [4.78, 5) is 2.25. The summed E-state index contributed by atoms with van der Waals surface area (Å²) in [6, 6.07) is 50.1. The van der Waals surface area contributed by atoms with Gasteiger partial charge in [0.15, 0.2) is 0 Å². The van der Waals surface area contributed by atoms with Gasteiger partial charge in [-0.1, -0.05) is 114 Å². The smallest absolute Gasteiger partial charge is 0.113 e. The Balaban J connectivity index is 1.34. The van der Waals surface area contributed by atoms with Gasteiger partial charge in [0, 0.05) is 22.6 Å². The van der Waals surface area contributed by atoms with Crippen LogP contribution >= 0.6 is 0 Å². The second-order valence-electron chi connectivity index (χ2n) is 8.86. The molecule has 0 bridgehead atoms. The predicted octanol–water partition coefficient (Wildman–Crippen LogP) is 8.05. The van der Waals surface area contributed by atoms with E-state index in [2.05, 4.69) is 137 Å². The van der Waals surface area contributed by atoms with Gasteiger partial charge in [-0.25, -0.2) is 4.68 Å². The summed E-state index contributed by atoms with van der Waals surface area (Å²) >= 11 is 0. The lowest BCUT2D eigenvalue weighted by molar-refractivity contribution is 0.571. The van der Waals surface area contributed by atoms with Gasteiger partial charge >= 0.3 is 0 Å². The zero-order chi connectivity index (χ0) is 24.9. The Morgan fingerprint density at radius 1 is 0.486 bits per heavy atom. The molecule has 178 valence electrons. The molecule has 0 aliphatic heterocycles. The Morgan fingerprint density at radius 3 is 1.41 bits per heavy atom. The van der Waals surface area contributed by atoms with Crippen molar-refractivity contribution in [2.24, 2.45) is 0 Å². The van der Waals surface area contributed by atoms with Crippen LogP contribution in [0.15, 0.2) is 152 Å². The van der Waals surface area contributed by atoms with Crippen LogP contribution in [0.25, 0.3) is 11.3 Å². The van der Waals surface area contributed by atoms with Crippen LogP contribution < -0.4 is 4.90 Å². The Bertz CT molecular complexity index is 1470. The summed E-state index contributed by atoms with van der Waals surface area (Å²) in [5.41, 5.74) is 7.51. The normalized spacial score (nSPS) is 10.9. The van der Waals surface area contributed by atoms with Crippen molar-refractivity contribution in [2.75, 3.05) is 4.90 Å². The van der Waals surface area contributed by atoms with Crippen LogP contribution in [0.3, 0.4) is 0 Å². The molecule has 0 unspecified atom stereocenters. The van der Waals surface area contributed by atoms with E-state index in [0.29, 0.717) is 0 Å². The number of nitrogens with zero attached hydrogens (tertiary/aromatic N) is 4. The molecule has 0 atom stereocenters. The molecule has 0 aliphatic carbocycles. The molecular formula is C33H26N4. The average Bonchev–Trinajstić information content (AvgIpc) is 3.46. The molecule has 1 aromatic heterocycles. The van der Waals surface area contributed by atoms with Crippen molar-refractivity contribution in [1.29, 1.82) is 0 Å². The van der Waals surface area contributed by atoms with Crippen LogP contribution in [0.4, 0.5) is 17.1 Å². The van der Waals surface area contributed by atoms with Gasteiger partial charge in [-0.15, -0.1) is 5.10 Å². The zero-order valence-electron chi connectivity index (χ0n) is 20.3. The van der Waals surface area contributed by atoms with Gasteiger partial charge in [0.1, 0.15) is 11.7 Å². The summed E-state index contributed by atoms with van der Waals surface area (Å²) in [7, 11) is 0. The largest absolute Gasteiger partial charge is 0.311 e. The van der Waals surface area contributed by atoms with Crippen molar-refractivity contribution in [3.63, 3.8) is 0 Å². The van der Waals surface area contributed by atoms with Gasteiger partial charge in [0.2, 0.25) is 0 Å². The lowest BCUT2D eigenvalue weighted by Crippen LogP contribution is -2.13. The Hall–Kier alpha value is -4.96. The minimum atomic E-state index is -0.0467. The molecular weight excluding hydrogens is 452 g/mol. The van der Waals surface area contributed by atoms with E-state index in [4.69, 9.17) is 0 Å². The minimum absolute atomic E-state index is 0.0467. The number of benzene rings is 5. The number of anilines is 3. The second kappa shape index (κ2) is 10.3. The third-order valence-electron chi connectivity index (χ3n) is 6.46. The fourth-order valence-corrected chi connectivity index (χ4v) is 4.69. The van der Waals surface area contributed by atoms with Crippen LogP contribution in [0.5, 0.6) is 0 Å². The van der Waals surface area contributed by atoms with Crippen LogP contribution in [0, 0.1) is 0 Å². The summed E-state index contributed by atoms with van der Waals surface area (Å²) in [5.74, 6) is 0. The first-order valence-electron chi connectivity index (χ1n) is 12.4. The topological polar surface area (TPSA) is 34.0 Å². The second-order valence-corrected chi connectivity index (χ2v) is 8.86. The zero-order valence-corrected chi connectivity index (χ0v) is 20.3. The summed E-state index contributed by atoms with van der Waals surface area (Å²) in [6.45, 7) is 0. The number of hydrogen-bond acceptors (Lipinski definition) is 3.